The van der Waals surface area contributed by atoms with Gasteiger partial charge in [-0.15, -0.1) is 5.10 Å². The number of benzene rings is 2. The number of aromatic nitrogens is 3. The van der Waals surface area contributed by atoms with Gasteiger partial charge in [-0.25, -0.2) is 13.5 Å². The Hall–Kier alpha value is -3.09. The molecule has 0 saturated carbocycles. The first-order valence-corrected chi connectivity index (χ1v) is 7.99. The molecule has 0 unspecified atom stereocenters. The Morgan fingerprint density at radius 1 is 1.12 bits per heavy atom. The first-order valence-electron chi connectivity index (χ1n) is 7.99. The van der Waals surface area contributed by atoms with Gasteiger partial charge in [0.15, 0.2) is 17.3 Å². The van der Waals surface area contributed by atoms with Crippen LogP contribution >= 0.6 is 0 Å². The van der Waals surface area contributed by atoms with E-state index >= 15 is 0 Å². The van der Waals surface area contributed by atoms with Crippen molar-refractivity contribution in [2.24, 2.45) is 0 Å². The van der Waals surface area contributed by atoms with Crippen LogP contribution in [0, 0.1) is 11.6 Å². The highest BCUT2D eigenvalue weighted by Crippen LogP contribution is 2.24. The fraction of sp³-hybridized carbons (Fsp3) is 0.211. The van der Waals surface area contributed by atoms with E-state index in [9.17, 15) is 13.6 Å². The molecule has 0 amide bonds. The van der Waals surface area contributed by atoms with Gasteiger partial charge in [0.2, 0.25) is 5.78 Å². The molecule has 0 fully saturated rings. The molecular weight excluding hydrogens is 338 g/mol. The van der Waals surface area contributed by atoms with E-state index in [0.29, 0.717) is 0 Å². The average Bonchev–Trinajstić information content (AvgIpc) is 3.07. The van der Waals surface area contributed by atoms with Gasteiger partial charge in [-0.2, -0.15) is 0 Å². The van der Waals surface area contributed by atoms with Crippen LogP contribution in [0.3, 0.4) is 0 Å². The molecule has 1 heterocycles. The van der Waals surface area contributed by atoms with Gasteiger partial charge in [0.1, 0.15) is 0 Å². The van der Waals surface area contributed by atoms with Crippen molar-refractivity contribution in [3.8, 4) is 5.69 Å². The minimum absolute atomic E-state index is 0.0103. The van der Waals surface area contributed by atoms with E-state index in [1.54, 1.807) is 0 Å². The summed E-state index contributed by atoms with van der Waals surface area (Å²) in [5.41, 5.74) is 7.11. The van der Waals surface area contributed by atoms with E-state index in [1.165, 1.54) is 10.9 Å². The van der Waals surface area contributed by atoms with Crippen LogP contribution in [0.1, 0.15) is 42.4 Å². The molecule has 0 spiro atoms. The van der Waals surface area contributed by atoms with Crippen LogP contribution in [0.2, 0.25) is 0 Å². The molecule has 0 atom stereocenters. The highest BCUT2D eigenvalue weighted by molar-refractivity contribution is 6.10. The van der Waals surface area contributed by atoms with E-state index in [1.807, 2.05) is 24.3 Å². The van der Waals surface area contributed by atoms with Crippen molar-refractivity contribution in [3.63, 3.8) is 0 Å². The van der Waals surface area contributed by atoms with Gasteiger partial charge < -0.3 is 5.73 Å². The number of nitrogens with zero attached hydrogens (tertiary/aromatic N) is 3. The summed E-state index contributed by atoms with van der Waals surface area (Å²) in [4.78, 5) is 12.5. The molecule has 0 radical (unpaired) electrons. The topological polar surface area (TPSA) is 73.8 Å². The molecule has 0 aliphatic carbocycles. The summed E-state index contributed by atoms with van der Waals surface area (Å²) in [7, 11) is 0. The number of halogens is 2. The monoisotopic (exact) mass is 356 g/mol. The van der Waals surface area contributed by atoms with Crippen LogP contribution in [0.15, 0.2) is 42.6 Å². The molecule has 1 aromatic heterocycles. The number of nitrogens with two attached hydrogens (primary N) is 1. The highest BCUT2D eigenvalue weighted by Gasteiger charge is 2.20. The third-order valence-corrected chi connectivity index (χ3v) is 4.04. The maximum Gasteiger partial charge on any atom is 0.217 e. The van der Waals surface area contributed by atoms with Gasteiger partial charge in [-0.1, -0.05) is 38.1 Å². The van der Waals surface area contributed by atoms with Crippen LogP contribution in [0.4, 0.5) is 14.5 Å². The molecule has 134 valence electrons. The Kier molecular flexibility index (Phi) is 4.31. The van der Waals surface area contributed by atoms with E-state index in [0.717, 1.165) is 23.4 Å². The Morgan fingerprint density at radius 3 is 2.50 bits per heavy atom. The quantitative estimate of drug-likeness (QED) is 0.574. The summed E-state index contributed by atoms with van der Waals surface area (Å²) >= 11 is 0. The molecule has 26 heavy (non-hydrogen) atoms. The van der Waals surface area contributed by atoms with Crippen LogP contribution in [0.5, 0.6) is 0 Å². The molecule has 2 aromatic carbocycles. The zero-order valence-corrected chi connectivity index (χ0v) is 14.6. The summed E-state index contributed by atoms with van der Waals surface area (Å²) < 4.78 is 28.1. The van der Waals surface area contributed by atoms with Crippen molar-refractivity contribution >= 4 is 11.5 Å². The number of carbonyl (C=O) groups excluding carboxylic acids is 1. The summed E-state index contributed by atoms with van der Waals surface area (Å²) in [6.07, 6.45) is 1.44. The second-order valence-corrected chi connectivity index (χ2v) is 7.03. The van der Waals surface area contributed by atoms with Crippen LogP contribution in [-0.2, 0) is 5.41 Å². The largest absolute Gasteiger partial charge is 0.398 e. The van der Waals surface area contributed by atoms with Crippen LogP contribution < -0.4 is 5.73 Å². The smallest absolute Gasteiger partial charge is 0.217 e. The zero-order valence-electron chi connectivity index (χ0n) is 14.6. The number of hydrogen-bond donors (Lipinski definition) is 1. The number of anilines is 1. The number of nitrogen functional groups attached to an aromatic ring is 1. The normalized spacial score (nSPS) is 11.6. The van der Waals surface area contributed by atoms with E-state index in [2.05, 4.69) is 31.1 Å². The third kappa shape index (κ3) is 3.33. The van der Waals surface area contributed by atoms with Gasteiger partial charge in [0.05, 0.1) is 17.4 Å². The number of ketones is 1. The molecule has 0 aliphatic heterocycles. The maximum absolute atomic E-state index is 13.4. The van der Waals surface area contributed by atoms with Crippen molar-refractivity contribution in [2.75, 3.05) is 5.73 Å². The van der Waals surface area contributed by atoms with Crippen LogP contribution in [-0.4, -0.2) is 20.8 Å². The minimum atomic E-state index is -1.15. The zero-order chi connectivity index (χ0) is 19.1. The van der Waals surface area contributed by atoms with E-state index in [-0.39, 0.29) is 22.4 Å². The van der Waals surface area contributed by atoms with Crippen molar-refractivity contribution in [1.82, 2.24) is 15.0 Å². The lowest BCUT2D eigenvalue weighted by molar-refractivity contribution is 0.103. The van der Waals surface area contributed by atoms with Crippen molar-refractivity contribution in [1.29, 1.82) is 0 Å². The predicted molar refractivity (Wildman–Crippen MR) is 94.3 cm³/mol. The number of rotatable bonds is 3. The van der Waals surface area contributed by atoms with Crippen molar-refractivity contribution < 1.29 is 13.6 Å². The predicted octanol–water partition coefficient (Wildman–Crippen LogP) is 3.66. The first-order chi connectivity index (χ1) is 12.2. The Morgan fingerprint density at radius 2 is 1.81 bits per heavy atom. The highest BCUT2D eigenvalue weighted by atomic mass is 19.2. The second kappa shape index (κ2) is 6.33. The summed E-state index contributed by atoms with van der Waals surface area (Å²) in [6.45, 7) is 6.27. The number of hydrogen-bond acceptors (Lipinski definition) is 4. The van der Waals surface area contributed by atoms with Crippen LogP contribution in [0.25, 0.3) is 5.69 Å². The molecule has 7 heteroatoms. The SMILES string of the molecule is CC(C)(C)c1cccc(-n2cc(C(=O)c3cc(F)c(F)cc3N)nn2)c1. The van der Waals surface area contributed by atoms with Gasteiger partial charge >= 0.3 is 0 Å². The van der Waals surface area contributed by atoms with Gasteiger partial charge in [-0.05, 0) is 29.2 Å². The Bertz CT molecular complexity index is 989. The van der Waals surface area contributed by atoms with Gasteiger partial charge in [0.25, 0.3) is 0 Å². The van der Waals surface area contributed by atoms with Crippen molar-refractivity contribution in [3.05, 3.63) is 71.1 Å². The summed E-state index contributed by atoms with van der Waals surface area (Å²) in [5, 5.41) is 7.81. The lowest BCUT2D eigenvalue weighted by Gasteiger charge is -2.19. The first kappa shape index (κ1) is 17.7. The molecule has 3 aromatic rings. The average molecular weight is 356 g/mol. The molecule has 0 bridgehead atoms. The lowest BCUT2D eigenvalue weighted by atomic mass is 9.87. The minimum Gasteiger partial charge on any atom is -0.398 e. The molecule has 5 nitrogen and oxygen atoms in total. The van der Waals surface area contributed by atoms with Crippen molar-refractivity contribution in [2.45, 2.75) is 26.2 Å². The summed E-state index contributed by atoms with van der Waals surface area (Å²) in [6, 6.07) is 9.24. The fourth-order valence-electron chi connectivity index (χ4n) is 2.51. The Balaban J connectivity index is 1.96. The Labute approximate surface area is 149 Å². The third-order valence-electron chi connectivity index (χ3n) is 4.04. The molecular formula is C19H18F2N4O. The molecule has 3 rings (SSSR count). The maximum atomic E-state index is 13.4. The standard InChI is InChI=1S/C19H18F2N4O/c1-19(2,3)11-5-4-6-12(7-11)25-10-17(23-24-25)18(26)13-8-14(20)15(21)9-16(13)22/h4-10H,22H2,1-3H3. The van der Waals surface area contributed by atoms with Gasteiger partial charge in [0, 0.05) is 11.8 Å². The molecule has 0 saturated heterocycles. The summed E-state index contributed by atoms with van der Waals surface area (Å²) in [5.74, 6) is -2.88. The second-order valence-electron chi connectivity index (χ2n) is 7.03. The fourth-order valence-corrected chi connectivity index (χ4v) is 2.51. The molecule has 0 aliphatic rings. The lowest BCUT2D eigenvalue weighted by Crippen LogP contribution is -2.11. The van der Waals surface area contributed by atoms with Gasteiger partial charge in [-0.3, -0.25) is 4.79 Å². The molecule has 2 N–H and O–H groups in total. The number of carbonyl (C=O) groups is 1. The van der Waals surface area contributed by atoms with E-state index in [4.69, 9.17) is 5.73 Å². The van der Waals surface area contributed by atoms with E-state index < -0.39 is 17.4 Å².